The molecule has 0 aromatic heterocycles. The number of nitrogens with one attached hydrogen (secondary N) is 1. The van der Waals surface area contributed by atoms with Crippen LogP contribution < -0.4 is 5.32 Å². The van der Waals surface area contributed by atoms with Gasteiger partial charge in [-0.1, -0.05) is 19.8 Å². The summed E-state index contributed by atoms with van der Waals surface area (Å²) in [6.07, 6.45) is 6.97. The van der Waals surface area contributed by atoms with Crippen molar-refractivity contribution >= 4 is 17.8 Å². The van der Waals surface area contributed by atoms with Gasteiger partial charge in [0.25, 0.3) is 0 Å². The molecule has 154 valence electrons. The van der Waals surface area contributed by atoms with E-state index in [2.05, 4.69) is 15.1 Å². The molecular weight excluding hydrogens is 346 g/mol. The zero-order chi connectivity index (χ0) is 19.7. The molecule has 0 bridgehead atoms. The summed E-state index contributed by atoms with van der Waals surface area (Å²) in [6, 6.07) is 0. The van der Waals surface area contributed by atoms with Gasteiger partial charge < -0.3 is 9.64 Å². The van der Waals surface area contributed by atoms with Crippen LogP contribution in [-0.2, 0) is 19.1 Å². The summed E-state index contributed by atoms with van der Waals surface area (Å²) in [7, 11) is 0. The van der Waals surface area contributed by atoms with E-state index in [1.165, 1.54) is 12.8 Å². The number of carbonyl (C=O) groups excluding carboxylic acids is 3. The average molecular weight is 382 g/mol. The lowest BCUT2D eigenvalue weighted by molar-refractivity contribution is -0.163. The Labute approximate surface area is 162 Å². The third-order valence-corrected chi connectivity index (χ3v) is 5.72. The first kappa shape index (κ1) is 21.8. The second-order valence-electron chi connectivity index (χ2n) is 7.71. The number of ether oxygens (including phenoxy) is 1. The molecule has 0 spiro atoms. The van der Waals surface area contributed by atoms with Gasteiger partial charge in [-0.05, 0) is 65.2 Å². The van der Waals surface area contributed by atoms with Crippen molar-refractivity contribution < 1.29 is 19.1 Å². The highest BCUT2D eigenvalue weighted by Crippen LogP contribution is 2.28. The monoisotopic (exact) mass is 381 g/mol. The average Bonchev–Trinajstić information content (AvgIpc) is 2.67. The predicted octanol–water partition coefficient (Wildman–Crippen LogP) is 1.56. The molecule has 0 saturated carbocycles. The van der Waals surface area contributed by atoms with Crippen molar-refractivity contribution in [3.63, 3.8) is 0 Å². The fourth-order valence-electron chi connectivity index (χ4n) is 4.02. The summed E-state index contributed by atoms with van der Waals surface area (Å²) < 4.78 is 5.24. The fourth-order valence-corrected chi connectivity index (χ4v) is 4.02. The van der Waals surface area contributed by atoms with Crippen molar-refractivity contribution in [3.8, 4) is 0 Å². The van der Waals surface area contributed by atoms with Crippen LogP contribution in [0.4, 0.5) is 0 Å². The number of likely N-dealkylation sites (tertiary alicyclic amines) is 2. The number of hydrogen-bond acceptors (Lipinski definition) is 6. The second kappa shape index (κ2) is 10.8. The Morgan fingerprint density at radius 2 is 1.44 bits per heavy atom. The highest BCUT2D eigenvalue weighted by atomic mass is 16.5. The van der Waals surface area contributed by atoms with Crippen molar-refractivity contribution in [3.05, 3.63) is 0 Å². The van der Waals surface area contributed by atoms with Crippen LogP contribution in [-0.4, -0.2) is 73.5 Å². The number of amides is 2. The lowest BCUT2D eigenvalue weighted by atomic mass is 9.82. The standard InChI is InChI=1S/C20H35N3O4/c1-3-20(19(26)27-4-2,16-23-13-9-6-10-14-23)18(25)21-17(24)15-22-11-7-5-8-12-22/h3-16H2,1-2H3,(H,21,24,25). The SMILES string of the molecule is CCOC(=O)C(CC)(CN1CCCCC1)C(=O)NC(=O)CN1CCCCC1. The Balaban J connectivity index is 2.06. The first-order valence-electron chi connectivity index (χ1n) is 10.5. The van der Waals surface area contributed by atoms with Crippen LogP contribution in [0.2, 0.25) is 0 Å². The van der Waals surface area contributed by atoms with Crippen molar-refractivity contribution in [1.82, 2.24) is 15.1 Å². The van der Waals surface area contributed by atoms with Crippen LogP contribution in [0.3, 0.4) is 0 Å². The van der Waals surface area contributed by atoms with E-state index in [1.807, 2.05) is 6.92 Å². The summed E-state index contributed by atoms with van der Waals surface area (Å²) in [4.78, 5) is 42.4. The first-order chi connectivity index (χ1) is 13.0. The van der Waals surface area contributed by atoms with E-state index < -0.39 is 17.3 Å². The Bertz CT molecular complexity index is 513. The molecular formula is C20H35N3O4. The highest BCUT2D eigenvalue weighted by molar-refractivity contribution is 6.09. The number of nitrogens with zero attached hydrogens (tertiary/aromatic N) is 2. The molecule has 1 unspecified atom stereocenters. The van der Waals surface area contributed by atoms with Crippen LogP contribution in [0.25, 0.3) is 0 Å². The minimum Gasteiger partial charge on any atom is -0.465 e. The van der Waals surface area contributed by atoms with Gasteiger partial charge in [-0.3, -0.25) is 24.6 Å². The highest BCUT2D eigenvalue weighted by Gasteiger charge is 2.47. The summed E-state index contributed by atoms with van der Waals surface area (Å²) >= 11 is 0. The summed E-state index contributed by atoms with van der Waals surface area (Å²) in [5.41, 5.74) is -1.33. The third-order valence-electron chi connectivity index (χ3n) is 5.72. The number of carbonyl (C=O) groups is 3. The maximum atomic E-state index is 13.1. The molecule has 2 amide bonds. The molecule has 1 atom stereocenters. The molecule has 1 N–H and O–H groups in total. The molecule has 2 saturated heterocycles. The molecule has 0 aromatic rings. The second-order valence-corrected chi connectivity index (χ2v) is 7.71. The number of esters is 1. The van der Waals surface area contributed by atoms with Gasteiger partial charge >= 0.3 is 5.97 Å². The molecule has 0 radical (unpaired) electrons. The summed E-state index contributed by atoms with van der Waals surface area (Å²) in [6.45, 7) is 7.79. The van der Waals surface area contributed by atoms with Crippen LogP contribution in [0.5, 0.6) is 0 Å². The number of imide groups is 1. The Hall–Kier alpha value is -1.47. The molecule has 2 aliphatic rings. The molecule has 7 nitrogen and oxygen atoms in total. The number of piperidine rings is 2. The molecule has 2 fully saturated rings. The molecule has 27 heavy (non-hydrogen) atoms. The van der Waals surface area contributed by atoms with Gasteiger partial charge in [0.1, 0.15) is 0 Å². The molecule has 2 heterocycles. The summed E-state index contributed by atoms with van der Waals surface area (Å²) in [5.74, 6) is -1.37. The van der Waals surface area contributed by atoms with E-state index in [4.69, 9.17) is 4.74 Å². The van der Waals surface area contributed by atoms with Crippen LogP contribution >= 0.6 is 0 Å². The van der Waals surface area contributed by atoms with Gasteiger partial charge in [0.05, 0.1) is 13.2 Å². The molecule has 0 aliphatic carbocycles. The number of rotatable bonds is 8. The lowest BCUT2D eigenvalue weighted by Crippen LogP contribution is -2.56. The molecule has 7 heteroatoms. The van der Waals surface area contributed by atoms with Crippen molar-refractivity contribution in [1.29, 1.82) is 0 Å². The zero-order valence-electron chi connectivity index (χ0n) is 16.9. The van der Waals surface area contributed by atoms with Gasteiger partial charge in [-0.25, -0.2) is 0 Å². The number of hydrogen-bond donors (Lipinski definition) is 1. The molecule has 2 rings (SSSR count). The van der Waals surface area contributed by atoms with E-state index in [-0.39, 0.29) is 19.1 Å². The van der Waals surface area contributed by atoms with Crippen LogP contribution in [0.1, 0.15) is 58.8 Å². The maximum absolute atomic E-state index is 13.1. The van der Waals surface area contributed by atoms with E-state index in [9.17, 15) is 14.4 Å². The van der Waals surface area contributed by atoms with E-state index in [0.717, 1.165) is 51.9 Å². The van der Waals surface area contributed by atoms with E-state index in [1.54, 1.807) is 6.92 Å². The smallest absolute Gasteiger partial charge is 0.322 e. The van der Waals surface area contributed by atoms with E-state index >= 15 is 0 Å². The van der Waals surface area contributed by atoms with Crippen LogP contribution in [0, 0.1) is 5.41 Å². The Morgan fingerprint density at radius 3 is 1.96 bits per heavy atom. The Kier molecular flexibility index (Phi) is 8.70. The first-order valence-corrected chi connectivity index (χ1v) is 10.5. The lowest BCUT2D eigenvalue weighted by Gasteiger charge is -2.36. The zero-order valence-corrected chi connectivity index (χ0v) is 16.9. The quantitative estimate of drug-likeness (QED) is 0.508. The Morgan fingerprint density at radius 1 is 0.889 bits per heavy atom. The van der Waals surface area contributed by atoms with E-state index in [0.29, 0.717) is 13.0 Å². The van der Waals surface area contributed by atoms with Gasteiger partial charge in [0, 0.05) is 6.54 Å². The minimum absolute atomic E-state index is 0.206. The van der Waals surface area contributed by atoms with Crippen molar-refractivity contribution in [2.45, 2.75) is 58.8 Å². The topological polar surface area (TPSA) is 79.0 Å². The fraction of sp³-hybridized carbons (Fsp3) is 0.850. The van der Waals surface area contributed by atoms with Crippen molar-refractivity contribution in [2.24, 2.45) is 5.41 Å². The van der Waals surface area contributed by atoms with Crippen LogP contribution in [0.15, 0.2) is 0 Å². The third kappa shape index (κ3) is 6.01. The molecule has 2 aliphatic heterocycles. The normalized spacial score (nSPS) is 21.3. The van der Waals surface area contributed by atoms with Gasteiger partial charge in [-0.15, -0.1) is 0 Å². The molecule has 0 aromatic carbocycles. The maximum Gasteiger partial charge on any atom is 0.322 e. The van der Waals surface area contributed by atoms with Gasteiger partial charge in [0.2, 0.25) is 11.8 Å². The van der Waals surface area contributed by atoms with Gasteiger partial charge in [0.15, 0.2) is 5.41 Å². The predicted molar refractivity (Wildman–Crippen MR) is 103 cm³/mol. The minimum atomic E-state index is -1.33. The van der Waals surface area contributed by atoms with Crippen molar-refractivity contribution in [2.75, 3.05) is 45.9 Å². The summed E-state index contributed by atoms with van der Waals surface area (Å²) in [5, 5.41) is 2.50. The van der Waals surface area contributed by atoms with Gasteiger partial charge in [-0.2, -0.15) is 0 Å². The largest absolute Gasteiger partial charge is 0.465 e.